The number of aromatic nitrogens is 2. The number of halogens is 2. The van der Waals surface area contributed by atoms with E-state index in [4.69, 9.17) is 0 Å². The predicted octanol–water partition coefficient (Wildman–Crippen LogP) is 2.23. The first-order chi connectivity index (χ1) is 11.9. The number of aryl methyl sites for hydroxylation is 2. The lowest BCUT2D eigenvalue weighted by Crippen LogP contribution is -2.48. The number of β-amino-alcohol motifs (C(OH)–C–C–N with tert-alkyl or cyclic N) is 1. The molecule has 0 saturated carbocycles. The van der Waals surface area contributed by atoms with Gasteiger partial charge in [0, 0.05) is 50.0 Å². The van der Waals surface area contributed by atoms with Gasteiger partial charge in [0.2, 0.25) is 0 Å². The average molecular weight is 348 g/mol. The van der Waals surface area contributed by atoms with Crippen LogP contribution in [0.15, 0.2) is 24.3 Å². The van der Waals surface area contributed by atoms with E-state index in [9.17, 15) is 13.9 Å². The van der Waals surface area contributed by atoms with Crippen LogP contribution in [0.25, 0.3) is 0 Å². The molecule has 0 aliphatic carbocycles. The van der Waals surface area contributed by atoms with Crippen LogP contribution in [0.3, 0.4) is 0 Å². The summed E-state index contributed by atoms with van der Waals surface area (Å²) in [7, 11) is 0. The van der Waals surface area contributed by atoms with Gasteiger partial charge >= 0.3 is 0 Å². The van der Waals surface area contributed by atoms with Crippen molar-refractivity contribution in [2.45, 2.75) is 20.0 Å². The number of hydrogen-bond donors (Lipinski definition) is 1. The summed E-state index contributed by atoms with van der Waals surface area (Å²) in [6.45, 7) is 7.04. The molecule has 0 bridgehead atoms. The fourth-order valence-corrected chi connectivity index (χ4v) is 3.13. The van der Waals surface area contributed by atoms with E-state index < -0.39 is 17.7 Å². The molecule has 0 amide bonds. The number of nitrogens with zero attached hydrogens (tertiary/aromatic N) is 4. The van der Waals surface area contributed by atoms with Crippen LogP contribution < -0.4 is 4.90 Å². The molecule has 3 rings (SSSR count). The first-order valence-corrected chi connectivity index (χ1v) is 8.35. The molecule has 7 heteroatoms. The van der Waals surface area contributed by atoms with Crippen molar-refractivity contribution in [1.29, 1.82) is 0 Å². The molecule has 0 radical (unpaired) electrons. The number of hydrogen-bond acceptors (Lipinski definition) is 5. The highest BCUT2D eigenvalue weighted by atomic mass is 19.1. The Kier molecular flexibility index (Phi) is 5.24. The van der Waals surface area contributed by atoms with Gasteiger partial charge in [0.15, 0.2) is 0 Å². The van der Waals surface area contributed by atoms with E-state index in [0.717, 1.165) is 61.7 Å². The summed E-state index contributed by atoms with van der Waals surface area (Å²) in [5.74, 6) is 0.519. The van der Waals surface area contributed by atoms with Crippen LogP contribution >= 0.6 is 0 Å². The summed E-state index contributed by atoms with van der Waals surface area (Å²) in [6, 6.07) is 5.12. The SMILES string of the molecule is Cc1cc(N2CCN(CC(O)c3cc(F)ccc3F)CC2)nc(C)n1. The number of benzene rings is 1. The Morgan fingerprint density at radius 2 is 1.80 bits per heavy atom. The third-order valence-corrected chi connectivity index (χ3v) is 4.40. The maximum absolute atomic E-state index is 13.8. The topological polar surface area (TPSA) is 52.5 Å². The molecule has 1 aromatic heterocycles. The molecule has 1 unspecified atom stereocenters. The van der Waals surface area contributed by atoms with Gasteiger partial charge in [-0.3, -0.25) is 4.90 Å². The van der Waals surface area contributed by atoms with Crippen LogP contribution in [-0.2, 0) is 0 Å². The minimum absolute atomic E-state index is 0.00415. The molecule has 2 aromatic rings. The van der Waals surface area contributed by atoms with Crippen molar-refractivity contribution in [1.82, 2.24) is 14.9 Å². The number of piperazine rings is 1. The third-order valence-electron chi connectivity index (χ3n) is 4.40. The Hall–Kier alpha value is -2.12. The van der Waals surface area contributed by atoms with E-state index in [0.29, 0.717) is 0 Å². The molecular weight excluding hydrogens is 326 g/mol. The Labute approximate surface area is 145 Å². The normalized spacial score (nSPS) is 16.9. The van der Waals surface area contributed by atoms with Crippen LogP contribution in [0.5, 0.6) is 0 Å². The summed E-state index contributed by atoms with van der Waals surface area (Å²) in [5.41, 5.74) is 0.936. The molecule has 1 fully saturated rings. The Bertz CT molecular complexity index is 728. The van der Waals surface area contributed by atoms with E-state index in [-0.39, 0.29) is 12.1 Å². The number of anilines is 1. The van der Waals surface area contributed by atoms with E-state index in [1.807, 2.05) is 24.8 Å². The smallest absolute Gasteiger partial charge is 0.132 e. The molecule has 134 valence electrons. The monoisotopic (exact) mass is 348 g/mol. The number of aliphatic hydroxyl groups is 1. The van der Waals surface area contributed by atoms with Crippen molar-refractivity contribution in [2.24, 2.45) is 0 Å². The van der Waals surface area contributed by atoms with Crippen molar-refractivity contribution in [3.05, 3.63) is 53.0 Å². The molecule has 25 heavy (non-hydrogen) atoms. The molecule has 5 nitrogen and oxygen atoms in total. The third kappa shape index (κ3) is 4.29. The fraction of sp³-hybridized carbons (Fsp3) is 0.444. The van der Waals surface area contributed by atoms with Gasteiger partial charge < -0.3 is 10.0 Å². The second kappa shape index (κ2) is 7.41. The van der Waals surface area contributed by atoms with Crippen LogP contribution in [0.4, 0.5) is 14.6 Å². The second-order valence-electron chi connectivity index (χ2n) is 6.38. The Morgan fingerprint density at radius 1 is 1.08 bits per heavy atom. The molecule has 2 heterocycles. The lowest BCUT2D eigenvalue weighted by atomic mass is 10.1. The van der Waals surface area contributed by atoms with Gasteiger partial charge in [0.1, 0.15) is 23.3 Å². The van der Waals surface area contributed by atoms with Crippen molar-refractivity contribution in [2.75, 3.05) is 37.6 Å². The molecular formula is C18H22F2N4O. The van der Waals surface area contributed by atoms with Crippen LogP contribution in [-0.4, -0.2) is 52.7 Å². The van der Waals surface area contributed by atoms with Gasteiger partial charge in [0.25, 0.3) is 0 Å². The van der Waals surface area contributed by atoms with Crippen LogP contribution in [0, 0.1) is 25.5 Å². The zero-order chi connectivity index (χ0) is 18.0. The predicted molar refractivity (Wildman–Crippen MR) is 91.5 cm³/mol. The molecule has 1 atom stereocenters. The first-order valence-electron chi connectivity index (χ1n) is 8.35. The Morgan fingerprint density at radius 3 is 2.48 bits per heavy atom. The second-order valence-corrected chi connectivity index (χ2v) is 6.38. The van der Waals surface area contributed by atoms with E-state index in [2.05, 4.69) is 14.9 Å². The molecule has 1 saturated heterocycles. The lowest BCUT2D eigenvalue weighted by molar-refractivity contribution is 0.106. The van der Waals surface area contributed by atoms with Gasteiger partial charge in [-0.05, 0) is 32.0 Å². The van der Waals surface area contributed by atoms with Gasteiger partial charge in [0.05, 0.1) is 6.10 Å². The van der Waals surface area contributed by atoms with Crippen LogP contribution in [0.2, 0.25) is 0 Å². The minimum Gasteiger partial charge on any atom is -0.387 e. The lowest BCUT2D eigenvalue weighted by Gasteiger charge is -2.36. The van der Waals surface area contributed by atoms with Gasteiger partial charge in [-0.2, -0.15) is 0 Å². The summed E-state index contributed by atoms with van der Waals surface area (Å²) in [5, 5.41) is 10.3. The van der Waals surface area contributed by atoms with Crippen molar-refractivity contribution in [3.8, 4) is 0 Å². The zero-order valence-electron chi connectivity index (χ0n) is 14.4. The summed E-state index contributed by atoms with van der Waals surface area (Å²) in [6.07, 6.45) is -1.05. The molecule has 1 aliphatic rings. The average Bonchev–Trinajstić information content (AvgIpc) is 2.57. The van der Waals surface area contributed by atoms with E-state index in [1.54, 1.807) is 0 Å². The van der Waals surface area contributed by atoms with Gasteiger partial charge in [-0.15, -0.1) is 0 Å². The standard InChI is InChI=1S/C18H22F2N4O/c1-12-9-18(22-13(2)21-12)24-7-5-23(6-8-24)11-17(25)15-10-14(19)3-4-16(15)20/h3-4,9-10,17,25H,5-8,11H2,1-2H3. The zero-order valence-corrected chi connectivity index (χ0v) is 14.4. The van der Waals surface area contributed by atoms with E-state index in [1.165, 1.54) is 0 Å². The van der Waals surface area contributed by atoms with E-state index >= 15 is 0 Å². The minimum atomic E-state index is -1.05. The molecule has 1 aromatic carbocycles. The number of aliphatic hydroxyl groups excluding tert-OH is 1. The molecule has 1 aliphatic heterocycles. The summed E-state index contributed by atoms with van der Waals surface area (Å²) >= 11 is 0. The van der Waals surface area contributed by atoms with Gasteiger partial charge in [-0.1, -0.05) is 0 Å². The van der Waals surface area contributed by atoms with Gasteiger partial charge in [-0.25, -0.2) is 18.7 Å². The molecule has 0 spiro atoms. The van der Waals surface area contributed by atoms with Crippen molar-refractivity contribution < 1.29 is 13.9 Å². The maximum atomic E-state index is 13.8. The van der Waals surface area contributed by atoms with Crippen molar-refractivity contribution >= 4 is 5.82 Å². The molecule has 1 N–H and O–H groups in total. The van der Waals surface area contributed by atoms with Crippen molar-refractivity contribution in [3.63, 3.8) is 0 Å². The highest BCUT2D eigenvalue weighted by molar-refractivity contribution is 5.40. The highest BCUT2D eigenvalue weighted by Gasteiger charge is 2.22. The Balaban J connectivity index is 1.60. The largest absolute Gasteiger partial charge is 0.387 e. The first kappa shape index (κ1) is 17.7. The highest BCUT2D eigenvalue weighted by Crippen LogP contribution is 2.21. The summed E-state index contributed by atoms with van der Waals surface area (Å²) in [4.78, 5) is 13.0. The number of rotatable bonds is 4. The fourth-order valence-electron chi connectivity index (χ4n) is 3.13. The van der Waals surface area contributed by atoms with Crippen LogP contribution in [0.1, 0.15) is 23.2 Å². The summed E-state index contributed by atoms with van der Waals surface area (Å²) < 4.78 is 27.0. The quantitative estimate of drug-likeness (QED) is 0.918. The maximum Gasteiger partial charge on any atom is 0.132 e.